The number of amides is 1. The Bertz CT molecular complexity index is 619. The fraction of sp³-hybridized carbons (Fsp3) is 0.870. The second-order valence-electron chi connectivity index (χ2n) is 10.4. The molecule has 3 N–H and O–H groups in total. The maximum absolute atomic E-state index is 12.3. The van der Waals surface area contributed by atoms with Crippen molar-refractivity contribution >= 4 is 30.5 Å². The SMILES string of the molecule is COC(=O)[C@@H](CC(C)C)N(CC(=O)O)C(=O)C(C)CS.NC12CC3CC(CC(C3)C1)C2. The van der Waals surface area contributed by atoms with Gasteiger partial charge in [-0.15, -0.1) is 0 Å². The minimum Gasteiger partial charge on any atom is -0.480 e. The minimum atomic E-state index is -1.16. The molecular formula is C23H40N2O5S. The third-order valence-corrected chi connectivity index (χ3v) is 7.46. The van der Waals surface area contributed by atoms with Gasteiger partial charge in [0.05, 0.1) is 7.11 Å². The molecule has 0 radical (unpaired) electrons. The lowest BCUT2D eigenvalue weighted by molar-refractivity contribution is -0.158. The molecule has 178 valence electrons. The first-order chi connectivity index (χ1) is 14.5. The van der Waals surface area contributed by atoms with Gasteiger partial charge < -0.3 is 20.5 Å². The molecular weight excluding hydrogens is 416 g/mol. The minimum absolute atomic E-state index is 0.120. The van der Waals surface area contributed by atoms with Gasteiger partial charge in [-0.25, -0.2) is 4.79 Å². The Balaban J connectivity index is 0.000000254. The van der Waals surface area contributed by atoms with E-state index in [2.05, 4.69) is 12.6 Å². The first-order valence-corrected chi connectivity index (χ1v) is 12.1. The predicted octanol–water partition coefficient (Wildman–Crippen LogP) is 2.97. The van der Waals surface area contributed by atoms with Crippen molar-refractivity contribution in [2.24, 2.45) is 35.3 Å². The van der Waals surface area contributed by atoms with Crippen molar-refractivity contribution in [2.45, 2.75) is 77.3 Å². The average molecular weight is 457 g/mol. The third kappa shape index (κ3) is 7.11. The van der Waals surface area contributed by atoms with E-state index in [1.165, 1.54) is 45.6 Å². The highest BCUT2D eigenvalue weighted by molar-refractivity contribution is 7.80. The summed E-state index contributed by atoms with van der Waals surface area (Å²) in [7, 11) is 1.22. The number of hydrogen-bond donors (Lipinski definition) is 3. The van der Waals surface area contributed by atoms with Crippen LogP contribution in [0, 0.1) is 29.6 Å². The summed E-state index contributed by atoms with van der Waals surface area (Å²) in [6, 6.07) is -0.883. The zero-order valence-electron chi connectivity index (χ0n) is 19.4. The van der Waals surface area contributed by atoms with E-state index >= 15 is 0 Å². The average Bonchev–Trinajstić information content (AvgIpc) is 2.67. The molecule has 4 fully saturated rings. The van der Waals surface area contributed by atoms with Crippen molar-refractivity contribution in [2.75, 3.05) is 19.4 Å². The Morgan fingerprint density at radius 2 is 1.58 bits per heavy atom. The van der Waals surface area contributed by atoms with Crippen LogP contribution in [0.15, 0.2) is 0 Å². The summed E-state index contributed by atoms with van der Waals surface area (Å²) >= 11 is 4.04. The summed E-state index contributed by atoms with van der Waals surface area (Å²) in [5.41, 5.74) is 6.62. The Labute approximate surface area is 191 Å². The molecule has 4 aliphatic carbocycles. The van der Waals surface area contributed by atoms with Gasteiger partial charge in [0.25, 0.3) is 0 Å². The van der Waals surface area contributed by atoms with Crippen LogP contribution in [-0.2, 0) is 19.1 Å². The predicted molar refractivity (Wildman–Crippen MR) is 123 cm³/mol. The number of methoxy groups -OCH3 is 1. The zero-order chi connectivity index (χ0) is 23.3. The zero-order valence-corrected chi connectivity index (χ0v) is 20.3. The second-order valence-corrected chi connectivity index (χ2v) is 10.8. The topological polar surface area (TPSA) is 110 Å². The molecule has 4 rings (SSSR count). The van der Waals surface area contributed by atoms with Crippen molar-refractivity contribution in [1.82, 2.24) is 4.90 Å². The van der Waals surface area contributed by atoms with Crippen molar-refractivity contribution in [3.8, 4) is 0 Å². The number of ether oxygens (including phenoxy) is 1. The van der Waals surface area contributed by atoms with E-state index in [9.17, 15) is 14.4 Å². The summed E-state index contributed by atoms with van der Waals surface area (Å²) < 4.78 is 4.69. The maximum Gasteiger partial charge on any atom is 0.328 e. The first kappa shape index (κ1) is 26.0. The van der Waals surface area contributed by atoms with Crippen molar-refractivity contribution < 1.29 is 24.2 Å². The van der Waals surface area contributed by atoms with Gasteiger partial charge in [-0.3, -0.25) is 9.59 Å². The summed E-state index contributed by atoms with van der Waals surface area (Å²) in [5.74, 6) is 0.834. The van der Waals surface area contributed by atoms with E-state index in [0.717, 1.165) is 22.7 Å². The normalized spacial score (nSPS) is 30.2. The molecule has 7 nitrogen and oxygen atoms in total. The standard InChI is InChI=1S/C13H23NO5S.C10H17N/c1-8(2)5-10(13(18)19-4)14(6-11(15)16)12(17)9(3)7-20;11-10-4-7-1-8(5-10)3-9(2-7)6-10/h8-10,20H,5-7H2,1-4H3,(H,15,16);7-9H,1-6,11H2/t9?,10-;/m1./s1. The number of nitrogens with two attached hydrogens (primary N) is 1. The smallest absolute Gasteiger partial charge is 0.328 e. The lowest BCUT2D eigenvalue weighted by atomic mass is 9.53. The number of rotatable bonds is 8. The van der Waals surface area contributed by atoms with E-state index in [1.807, 2.05) is 13.8 Å². The highest BCUT2D eigenvalue weighted by Crippen LogP contribution is 2.54. The Hall–Kier alpha value is -1.28. The summed E-state index contributed by atoms with van der Waals surface area (Å²) in [6.07, 6.45) is 8.92. The quantitative estimate of drug-likeness (QED) is 0.383. The summed E-state index contributed by atoms with van der Waals surface area (Å²) in [6.45, 7) is 4.90. The van der Waals surface area contributed by atoms with Gasteiger partial charge in [-0.2, -0.15) is 12.6 Å². The third-order valence-electron chi connectivity index (χ3n) is 6.91. The largest absolute Gasteiger partial charge is 0.480 e. The van der Waals surface area contributed by atoms with Crippen molar-refractivity contribution in [1.29, 1.82) is 0 Å². The van der Waals surface area contributed by atoms with Gasteiger partial charge in [-0.1, -0.05) is 20.8 Å². The van der Waals surface area contributed by atoms with Crippen molar-refractivity contribution in [3.63, 3.8) is 0 Å². The molecule has 4 bridgehead atoms. The number of hydrogen-bond acceptors (Lipinski definition) is 6. The Morgan fingerprint density at radius 1 is 1.10 bits per heavy atom. The molecule has 1 amide bonds. The Morgan fingerprint density at radius 3 is 1.90 bits per heavy atom. The van der Waals surface area contributed by atoms with Gasteiger partial charge in [0.15, 0.2) is 0 Å². The first-order valence-electron chi connectivity index (χ1n) is 11.5. The van der Waals surface area contributed by atoms with Crippen LogP contribution in [-0.4, -0.2) is 58.8 Å². The molecule has 0 spiro atoms. The summed E-state index contributed by atoms with van der Waals surface area (Å²) in [4.78, 5) is 36.2. The van der Waals surface area contributed by atoms with Crippen LogP contribution >= 0.6 is 12.6 Å². The fourth-order valence-corrected chi connectivity index (χ4v) is 6.12. The molecule has 0 heterocycles. The van der Waals surface area contributed by atoms with Crippen LogP contribution in [0.4, 0.5) is 0 Å². The number of carboxylic acid groups (broad SMARTS) is 1. The highest BCUT2D eigenvalue weighted by Gasteiger charge is 2.48. The lowest BCUT2D eigenvalue weighted by Gasteiger charge is -2.55. The van der Waals surface area contributed by atoms with Gasteiger partial charge in [0, 0.05) is 17.2 Å². The molecule has 4 aliphatic rings. The molecule has 0 aromatic heterocycles. The van der Waals surface area contributed by atoms with E-state index in [0.29, 0.717) is 12.0 Å². The number of carbonyl (C=O) groups excluding carboxylic acids is 2. The van der Waals surface area contributed by atoms with Crippen LogP contribution in [0.3, 0.4) is 0 Å². The number of carbonyl (C=O) groups is 3. The molecule has 8 heteroatoms. The van der Waals surface area contributed by atoms with E-state index in [-0.39, 0.29) is 11.7 Å². The van der Waals surface area contributed by atoms with Gasteiger partial charge >= 0.3 is 11.9 Å². The molecule has 0 saturated heterocycles. The van der Waals surface area contributed by atoms with Crippen LogP contribution in [0.2, 0.25) is 0 Å². The molecule has 0 aromatic carbocycles. The van der Waals surface area contributed by atoms with Crippen LogP contribution in [0.5, 0.6) is 0 Å². The molecule has 0 aliphatic heterocycles. The van der Waals surface area contributed by atoms with E-state index < -0.39 is 36.4 Å². The number of nitrogens with zero attached hydrogens (tertiary/aromatic N) is 1. The second kappa shape index (κ2) is 11.0. The number of carboxylic acids is 1. The summed E-state index contributed by atoms with van der Waals surface area (Å²) in [5, 5.41) is 8.96. The highest BCUT2D eigenvalue weighted by atomic mass is 32.1. The fourth-order valence-electron chi connectivity index (χ4n) is 5.96. The monoisotopic (exact) mass is 456 g/mol. The number of esters is 1. The van der Waals surface area contributed by atoms with E-state index in [4.69, 9.17) is 15.6 Å². The van der Waals surface area contributed by atoms with Crippen LogP contribution < -0.4 is 5.73 Å². The van der Waals surface area contributed by atoms with Crippen molar-refractivity contribution in [3.05, 3.63) is 0 Å². The molecule has 1 unspecified atom stereocenters. The lowest BCUT2D eigenvalue weighted by Crippen LogP contribution is -2.55. The molecule has 2 atom stereocenters. The van der Waals surface area contributed by atoms with Crippen LogP contribution in [0.1, 0.15) is 65.7 Å². The molecule has 0 aromatic rings. The van der Waals surface area contributed by atoms with Crippen LogP contribution in [0.25, 0.3) is 0 Å². The number of aliphatic carboxylic acids is 1. The van der Waals surface area contributed by atoms with Gasteiger partial charge in [0.2, 0.25) is 5.91 Å². The Kier molecular flexibility index (Phi) is 9.25. The molecule has 4 saturated carbocycles. The molecule has 31 heavy (non-hydrogen) atoms. The van der Waals surface area contributed by atoms with Gasteiger partial charge in [0.1, 0.15) is 12.6 Å². The maximum atomic E-state index is 12.3. The van der Waals surface area contributed by atoms with Gasteiger partial charge in [-0.05, 0) is 68.6 Å². The number of thiol groups is 1. The van der Waals surface area contributed by atoms with E-state index in [1.54, 1.807) is 6.92 Å².